The van der Waals surface area contributed by atoms with E-state index in [1.165, 1.54) is 0 Å². The van der Waals surface area contributed by atoms with Crippen molar-refractivity contribution >= 4 is 8.07 Å². The Balaban J connectivity index is 3.31. The van der Waals surface area contributed by atoms with Crippen LogP contribution in [-0.2, 0) is 9.47 Å². The molecule has 3 nitrogen and oxygen atoms in total. The molecule has 0 spiro atoms. The van der Waals surface area contributed by atoms with E-state index in [9.17, 15) is 5.11 Å². The largest absolute Gasteiger partial charge is 0.380 e. The SMILES string of the molecule is C[C@@H]1OC(C)(C)O[C@@H](C)C1(O)/C(=C/C(C)(C)C)C[Si](C)(C)C. The number of ether oxygens (including phenoxy) is 2. The Morgan fingerprint density at radius 1 is 1.09 bits per heavy atom. The molecule has 0 unspecified atom stereocenters. The molecule has 1 aliphatic heterocycles. The number of rotatable bonds is 3. The fraction of sp³-hybridized carbons (Fsp3) is 0.889. The molecular weight excluding hydrogens is 292 g/mol. The number of allylic oxidation sites excluding steroid dienone is 1. The molecule has 0 bridgehead atoms. The summed E-state index contributed by atoms with van der Waals surface area (Å²) >= 11 is 0. The molecule has 22 heavy (non-hydrogen) atoms. The van der Waals surface area contributed by atoms with E-state index in [4.69, 9.17) is 9.47 Å². The van der Waals surface area contributed by atoms with Crippen LogP contribution in [0.1, 0.15) is 48.5 Å². The summed E-state index contributed by atoms with van der Waals surface area (Å²) in [4.78, 5) is 0. The quantitative estimate of drug-likeness (QED) is 0.608. The topological polar surface area (TPSA) is 38.7 Å². The molecule has 130 valence electrons. The van der Waals surface area contributed by atoms with E-state index in [1.807, 2.05) is 27.7 Å². The molecule has 0 aromatic carbocycles. The minimum absolute atomic E-state index is 0.0110. The van der Waals surface area contributed by atoms with Gasteiger partial charge in [0, 0.05) is 8.07 Å². The van der Waals surface area contributed by atoms with Crippen LogP contribution in [0.25, 0.3) is 0 Å². The summed E-state index contributed by atoms with van der Waals surface area (Å²) in [5, 5.41) is 11.5. The molecule has 1 heterocycles. The Hall–Kier alpha value is -0.163. The Morgan fingerprint density at radius 2 is 1.50 bits per heavy atom. The van der Waals surface area contributed by atoms with E-state index in [-0.39, 0.29) is 17.6 Å². The van der Waals surface area contributed by atoms with Crippen LogP contribution < -0.4 is 0 Å². The van der Waals surface area contributed by atoms with Gasteiger partial charge in [0.15, 0.2) is 5.79 Å². The normalized spacial score (nSPS) is 33.9. The Bertz CT molecular complexity index is 413. The van der Waals surface area contributed by atoms with Gasteiger partial charge < -0.3 is 14.6 Å². The van der Waals surface area contributed by atoms with Crippen molar-refractivity contribution in [3.63, 3.8) is 0 Å². The zero-order chi connectivity index (χ0) is 17.6. The summed E-state index contributed by atoms with van der Waals surface area (Å²) in [6.07, 6.45) is 1.64. The fourth-order valence-electron chi connectivity index (χ4n) is 3.31. The lowest BCUT2D eigenvalue weighted by molar-refractivity contribution is -0.346. The van der Waals surface area contributed by atoms with Crippen molar-refractivity contribution < 1.29 is 14.6 Å². The molecule has 4 heteroatoms. The van der Waals surface area contributed by atoms with Gasteiger partial charge in [0.1, 0.15) is 5.60 Å². The van der Waals surface area contributed by atoms with E-state index < -0.39 is 19.5 Å². The van der Waals surface area contributed by atoms with Crippen LogP contribution in [-0.4, -0.2) is 36.8 Å². The van der Waals surface area contributed by atoms with Gasteiger partial charge >= 0.3 is 0 Å². The van der Waals surface area contributed by atoms with Gasteiger partial charge in [-0.15, -0.1) is 0 Å². The Kier molecular flexibility index (Phi) is 5.46. The van der Waals surface area contributed by atoms with Crippen molar-refractivity contribution in [2.24, 2.45) is 5.41 Å². The van der Waals surface area contributed by atoms with Crippen LogP contribution >= 0.6 is 0 Å². The molecular formula is C18H36O3Si. The van der Waals surface area contributed by atoms with Crippen molar-refractivity contribution in [2.75, 3.05) is 0 Å². The highest BCUT2D eigenvalue weighted by Crippen LogP contribution is 2.42. The third-order valence-corrected chi connectivity index (χ3v) is 5.44. The van der Waals surface area contributed by atoms with Crippen molar-refractivity contribution in [3.8, 4) is 0 Å². The van der Waals surface area contributed by atoms with Gasteiger partial charge in [-0.3, -0.25) is 0 Å². The maximum atomic E-state index is 11.5. The predicted octanol–water partition coefficient (Wildman–Crippen LogP) is 4.59. The standard InChI is InChI=1S/C18H36O3Si/c1-13-18(19,14(2)21-17(6,7)20-13)15(11-16(3,4)5)12-22(8,9)10/h11,13-14,19H,12H2,1-10H3/b15-11+/t13-,14-/m0/s1. The van der Waals surface area contributed by atoms with E-state index in [1.54, 1.807) is 0 Å². The zero-order valence-electron chi connectivity index (χ0n) is 16.2. The molecule has 0 amide bonds. The first-order valence-electron chi connectivity index (χ1n) is 8.37. The molecule has 0 aromatic rings. The van der Waals surface area contributed by atoms with E-state index in [0.29, 0.717) is 0 Å². The van der Waals surface area contributed by atoms with Crippen LogP contribution in [0.4, 0.5) is 0 Å². The molecule has 1 rings (SSSR count). The fourth-order valence-corrected chi connectivity index (χ4v) is 4.84. The molecule has 1 saturated heterocycles. The van der Waals surface area contributed by atoms with Gasteiger partial charge in [-0.2, -0.15) is 0 Å². The number of hydrogen-bond donors (Lipinski definition) is 1. The van der Waals surface area contributed by atoms with E-state index >= 15 is 0 Å². The highest BCUT2D eigenvalue weighted by molar-refractivity contribution is 6.76. The van der Waals surface area contributed by atoms with Gasteiger partial charge in [0.05, 0.1) is 12.2 Å². The van der Waals surface area contributed by atoms with Crippen molar-refractivity contribution in [2.45, 2.75) is 97.7 Å². The molecule has 0 saturated carbocycles. The van der Waals surface area contributed by atoms with Crippen LogP contribution in [0.2, 0.25) is 25.7 Å². The molecule has 1 N–H and O–H groups in total. The van der Waals surface area contributed by atoms with Crippen LogP contribution in [0.15, 0.2) is 11.6 Å². The summed E-state index contributed by atoms with van der Waals surface area (Å²) < 4.78 is 11.9. The van der Waals surface area contributed by atoms with Crippen molar-refractivity contribution in [1.29, 1.82) is 0 Å². The van der Waals surface area contributed by atoms with Gasteiger partial charge in [-0.05, 0) is 44.7 Å². The van der Waals surface area contributed by atoms with Gasteiger partial charge in [-0.25, -0.2) is 0 Å². The molecule has 1 aliphatic rings. The maximum Gasteiger partial charge on any atom is 0.163 e. The number of aliphatic hydroxyl groups is 1. The Morgan fingerprint density at radius 3 is 1.82 bits per heavy atom. The average Bonchev–Trinajstić information content (AvgIpc) is 2.19. The summed E-state index contributed by atoms with van der Waals surface area (Å²) in [6, 6.07) is 0.947. The van der Waals surface area contributed by atoms with Crippen LogP contribution in [0, 0.1) is 5.41 Å². The lowest BCUT2D eigenvalue weighted by Gasteiger charge is -2.51. The van der Waals surface area contributed by atoms with Gasteiger partial charge in [-0.1, -0.05) is 46.5 Å². The minimum atomic E-state index is -1.39. The first kappa shape index (κ1) is 19.9. The van der Waals surface area contributed by atoms with Gasteiger partial charge in [0.2, 0.25) is 0 Å². The average molecular weight is 329 g/mol. The Labute approximate surface area is 138 Å². The first-order valence-corrected chi connectivity index (χ1v) is 12.1. The summed E-state index contributed by atoms with van der Waals surface area (Å²) in [5.74, 6) is -0.656. The second kappa shape index (κ2) is 6.04. The smallest absolute Gasteiger partial charge is 0.163 e. The van der Waals surface area contributed by atoms with E-state index in [0.717, 1.165) is 11.6 Å². The highest BCUT2D eigenvalue weighted by atomic mass is 28.3. The van der Waals surface area contributed by atoms with E-state index in [2.05, 4.69) is 46.5 Å². The molecule has 0 aliphatic carbocycles. The summed E-state index contributed by atoms with van der Waals surface area (Å²) in [6.45, 7) is 21.2. The number of hydrogen-bond acceptors (Lipinski definition) is 3. The maximum absolute atomic E-state index is 11.5. The van der Waals surface area contributed by atoms with Crippen molar-refractivity contribution in [1.82, 2.24) is 0 Å². The molecule has 1 fully saturated rings. The second-order valence-corrected chi connectivity index (χ2v) is 15.0. The molecule has 2 atom stereocenters. The third-order valence-electron chi connectivity index (χ3n) is 4.00. The molecule has 0 radical (unpaired) electrons. The zero-order valence-corrected chi connectivity index (χ0v) is 17.2. The molecule has 0 aromatic heterocycles. The minimum Gasteiger partial charge on any atom is -0.380 e. The van der Waals surface area contributed by atoms with Crippen LogP contribution in [0.5, 0.6) is 0 Å². The third kappa shape index (κ3) is 4.92. The van der Waals surface area contributed by atoms with Crippen molar-refractivity contribution in [3.05, 3.63) is 11.6 Å². The highest BCUT2D eigenvalue weighted by Gasteiger charge is 2.52. The predicted molar refractivity (Wildman–Crippen MR) is 95.8 cm³/mol. The lowest BCUT2D eigenvalue weighted by Crippen LogP contribution is -2.62. The first-order chi connectivity index (χ1) is 9.57. The summed E-state index contributed by atoms with van der Waals surface area (Å²) in [5.41, 5.74) is 0.0230. The van der Waals surface area contributed by atoms with Crippen LogP contribution in [0.3, 0.4) is 0 Å². The lowest BCUT2D eigenvalue weighted by atomic mass is 9.79. The second-order valence-electron chi connectivity index (χ2n) is 9.52. The summed E-state index contributed by atoms with van der Waals surface area (Å²) in [7, 11) is -1.39. The van der Waals surface area contributed by atoms with Gasteiger partial charge in [0.25, 0.3) is 0 Å². The monoisotopic (exact) mass is 328 g/mol.